The molecule has 2 amide bonds. The summed E-state index contributed by atoms with van der Waals surface area (Å²) in [5.74, 6) is 0.294. The Morgan fingerprint density at radius 3 is 2.59 bits per heavy atom. The lowest BCUT2D eigenvalue weighted by atomic mass is 10.0. The highest BCUT2D eigenvalue weighted by atomic mass is 32.2. The maximum Gasteiger partial charge on any atom is 0.414 e. The maximum absolute atomic E-state index is 15.1. The second kappa shape index (κ2) is 13.6. The van der Waals surface area contributed by atoms with Gasteiger partial charge in [-0.2, -0.15) is 11.8 Å². The molecule has 2 atom stereocenters. The molecule has 0 saturated carbocycles. The topological polar surface area (TPSA) is 82.1 Å². The molecule has 1 heterocycles. The van der Waals surface area contributed by atoms with E-state index >= 15 is 4.39 Å². The average Bonchev–Trinajstić information content (AvgIpc) is 3.31. The van der Waals surface area contributed by atoms with Crippen LogP contribution < -0.4 is 10.2 Å². The van der Waals surface area contributed by atoms with E-state index in [-0.39, 0.29) is 19.0 Å². The number of hydrogen-bond donors (Lipinski definition) is 2. The Morgan fingerprint density at radius 2 is 1.92 bits per heavy atom. The standard InChI is InChI=1S/C30H34FN3O4S/c1-21(35)32-17-26-19-34(30(37)38-26)25-12-13-27(28(31)16-25)23-8-10-24(11-9-23)29(36)20-33(14-15-39-2)18-22-6-4-3-5-7-22/h3-13,16,26,29,36H,14-15,17-20H2,1-2H3,(H,32,35)/t26-,29+/m0/s1. The number of benzene rings is 3. The van der Waals surface area contributed by atoms with Gasteiger partial charge in [0.25, 0.3) is 0 Å². The van der Waals surface area contributed by atoms with Gasteiger partial charge in [0, 0.05) is 37.9 Å². The molecule has 4 rings (SSSR count). The van der Waals surface area contributed by atoms with Gasteiger partial charge < -0.3 is 15.2 Å². The summed E-state index contributed by atoms with van der Waals surface area (Å²) in [6, 6.07) is 22.1. The van der Waals surface area contributed by atoms with E-state index in [1.54, 1.807) is 36.0 Å². The number of aliphatic hydroxyl groups is 1. The van der Waals surface area contributed by atoms with Crippen LogP contribution in [0.3, 0.4) is 0 Å². The first-order valence-electron chi connectivity index (χ1n) is 12.9. The third kappa shape index (κ3) is 7.81. The van der Waals surface area contributed by atoms with Crippen molar-refractivity contribution in [2.45, 2.75) is 25.7 Å². The second-order valence-electron chi connectivity index (χ2n) is 9.57. The molecule has 0 radical (unpaired) electrons. The quantitative estimate of drug-likeness (QED) is 0.335. The van der Waals surface area contributed by atoms with Crippen LogP contribution in [0.5, 0.6) is 0 Å². The Kier molecular flexibility index (Phi) is 9.97. The van der Waals surface area contributed by atoms with Crippen molar-refractivity contribution in [3.8, 4) is 11.1 Å². The Balaban J connectivity index is 1.41. The van der Waals surface area contributed by atoms with Gasteiger partial charge >= 0.3 is 6.09 Å². The fourth-order valence-corrected chi connectivity index (χ4v) is 4.97. The minimum atomic E-state index is -0.677. The van der Waals surface area contributed by atoms with Gasteiger partial charge in [-0.3, -0.25) is 14.6 Å². The normalized spacial score (nSPS) is 15.9. The predicted octanol–water partition coefficient (Wildman–Crippen LogP) is 4.85. The molecule has 0 bridgehead atoms. The Labute approximate surface area is 233 Å². The van der Waals surface area contributed by atoms with Gasteiger partial charge in [-0.15, -0.1) is 0 Å². The largest absolute Gasteiger partial charge is 0.442 e. The number of halogens is 1. The molecule has 1 aliphatic rings. The summed E-state index contributed by atoms with van der Waals surface area (Å²) >= 11 is 1.77. The Morgan fingerprint density at radius 1 is 1.18 bits per heavy atom. The summed E-state index contributed by atoms with van der Waals surface area (Å²) in [4.78, 5) is 27.0. The number of ether oxygens (including phenoxy) is 1. The third-order valence-electron chi connectivity index (χ3n) is 6.62. The van der Waals surface area contributed by atoms with Crippen molar-refractivity contribution in [1.29, 1.82) is 0 Å². The molecule has 3 aromatic rings. The van der Waals surface area contributed by atoms with Crippen LogP contribution in [0.25, 0.3) is 11.1 Å². The molecule has 39 heavy (non-hydrogen) atoms. The van der Waals surface area contributed by atoms with E-state index in [1.165, 1.54) is 23.5 Å². The molecule has 0 aromatic heterocycles. The van der Waals surface area contributed by atoms with E-state index in [0.29, 0.717) is 23.4 Å². The number of cyclic esters (lactones) is 1. The van der Waals surface area contributed by atoms with Crippen molar-refractivity contribution in [3.63, 3.8) is 0 Å². The Bertz CT molecular complexity index is 1260. The van der Waals surface area contributed by atoms with Crippen LogP contribution in [0.15, 0.2) is 72.8 Å². The van der Waals surface area contributed by atoms with E-state index in [9.17, 15) is 14.7 Å². The monoisotopic (exact) mass is 551 g/mol. The summed E-state index contributed by atoms with van der Waals surface area (Å²) in [5, 5.41) is 13.6. The van der Waals surface area contributed by atoms with Gasteiger partial charge in [0.2, 0.25) is 5.91 Å². The number of thioether (sulfide) groups is 1. The number of amides is 2. The van der Waals surface area contributed by atoms with Crippen molar-refractivity contribution in [2.75, 3.05) is 43.1 Å². The fraction of sp³-hybridized carbons (Fsp3) is 0.333. The molecule has 0 aliphatic carbocycles. The molecule has 1 aliphatic heterocycles. The molecule has 7 nitrogen and oxygen atoms in total. The molecule has 3 aromatic carbocycles. The molecule has 2 N–H and O–H groups in total. The van der Waals surface area contributed by atoms with Crippen molar-refractivity contribution in [1.82, 2.24) is 10.2 Å². The predicted molar refractivity (Wildman–Crippen MR) is 153 cm³/mol. The van der Waals surface area contributed by atoms with Crippen LogP contribution in [0.1, 0.15) is 24.2 Å². The molecule has 206 valence electrons. The minimum absolute atomic E-state index is 0.206. The van der Waals surface area contributed by atoms with Crippen molar-refractivity contribution < 1.29 is 23.8 Å². The fourth-order valence-electron chi connectivity index (χ4n) is 4.53. The van der Waals surface area contributed by atoms with Gasteiger partial charge in [-0.25, -0.2) is 9.18 Å². The Hall–Kier alpha value is -3.40. The number of carbonyl (C=O) groups is 2. The lowest BCUT2D eigenvalue weighted by molar-refractivity contribution is -0.119. The second-order valence-corrected chi connectivity index (χ2v) is 10.6. The molecular formula is C30H34FN3O4S. The maximum atomic E-state index is 15.1. The van der Waals surface area contributed by atoms with Crippen molar-refractivity contribution >= 4 is 29.4 Å². The number of anilines is 1. The average molecular weight is 552 g/mol. The molecular weight excluding hydrogens is 517 g/mol. The van der Waals surface area contributed by atoms with E-state index in [2.05, 4.69) is 28.6 Å². The van der Waals surface area contributed by atoms with Crippen LogP contribution >= 0.6 is 11.8 Å². The van der Waals surface area contributed by atoms with Gasteiger partial charge in [-0.1, -0.05) is 54.6 Å². The van der Waals surface area contributed by atoms with Crippen molar-refractivity contribution in [3.05, 3.63) is 89.7 Å². The van der Waals surface area contributed by atoms with Crippen LogP contribution in [0, 0.1) is 5.82 Å². The molecule has 1 saturated heterocycles. The number of rotatable bonds is 12. The number of aliphatic hydroxyl groups excluding tert-OH is 1. The van der Waals surface area contributed by atoms with Gasteiger partial charge in [-0.05, 0) is 41.1 Å². The highest BCUT2D eigenvalue weighted by Gasteiger charge is 2.32. The zero-order valence-electron chi connectivity index (χ0n) is 22.2. The number of carbonyl (C=O) groups excluding carboxylic acids is 2. The smallest absolute Gasteiger partial charge is 0.414 e. The zero-order chi connectivity index (χ0) is 27.8. The summed E-state index contributed by atoms with van der Waals surface area (Å²) in [6.07, 6.45) is 0.328. The van der Waals surface area contributed by atoms with Gasteiger partial charge in [0.05, 0.1) is 24.9 Å². The van der Waals surface area contributed by atoms with E-state index < -0.39 is 24.1 Å². The van der Waals surface area contributed by atoms with Crippen LogP contribution in [0.4, 0.5) is 14.9 Å². The highest BCUT2D eigenvalue weighted by molar-refractivity contribution is 7.98. The van der Waals surface area contributed by atoms with E-state index in [0.717, 1.165) is 24.4 Å². The lowest BCUT2D eigenvalue weighted by Gasteiger charge is -2.25. The zero-order valence-corrected chi connectivity index (χ0v) is 23.0. The van der Waals surface area contributed by atoms with Crippen molar-refractivity contribution in [2.24, 2.45) is 0 Å². The molecule has 0 spiro atoms. The number of nitrogens with zero attached hydrogens (tertiary/aromatic N) is 2. The van der Waals surface area contributed by atoms with Gasteiger partial charge in [0.15, 0.2) is 0 Å². The van der Waals surface area contributed by atoms with E-state index in [4.69, 9.17) is 4.74 Å². The van der Waals surface area contributed by atoms with Gasteiger partial charge in [0.1, 0.15) is 11.9 Å². The summed E-state index contributed by atoms with van der Waals surface area (Å²) < 4.78 is 20.4. The first kappa shape index (κ1) is 28.6. The van der Waals surface area contributed by atoms with Crippen LogP contribution in [0.2, 0.25) is 0 Å². The lowest BCUT2D eigenvalue weighted by Crippen LogP contribution is -2.33. The number of hydrogen-bond acceptors (Lipinski definition) is 6. The summed E-state index contributed by atoms with van der Waals surface area (Å²) in [7, 11) is 0. The third-order valence-corrected chi connectivity index (χ3v) is 7.21. The van der Waals surface area contributed by atoms with Crippen LogP contribution in [-0.4, -0.2) is 66.3 Å². The van der Waals surface area contributed by atoms with Crippen LogP contribution in [-0.2, 0) is 16.1 Å². The molecule has 1 fully saturated rings. The number of nitrogens with one attached hydrogen (secondary N) is 1. The summed E-state index contributed by atoms with van der Waals surface area (Å²) in [5.41, 5.74) is 3.43. The summed E-state index contributed by atoms with van der Waals surface area (Å²) in [6.45, 7) is 3.94. The first-order valence-corrected chi connectivity index (χ1v) is 14.3. The minimum Gasteiger partial charge on any atom is -0.442 e. The SMILES string of the molecule is CSCCN(Cc1ccccc1)C[C@@H](O)c1ccc(-c2ccc(N3C[C@H](CNC(C)=O)OC3=O)cc2F)cc1. The highest BCUT2D eigenvalue weighted by Crippen LogP contribution is 2.30. The molecule has 9 heteroatoms. The van der Waals surface area contributed by atoms with E-state index in [1.807, 2.05) is 30.3 Å². The molecule has 0 unspecified atom stereocenters. The first-order chi connectivity index (χ1) is 18.8.